The third-order valence-corrected chi connectivity index (χ3v) is 2.45. The Morgan fingerprint density at radius 1 is 1.32 bits per heavy atom. The van der Waals surface area contributed by atoms with Crippen LogP contribution in [-0.4, -0.2) is 26.8 Å². The summed E-state index contributed by atoms with van der Waals surface area (Å²) in [5.41, 5.74) is 6.25. The van der Waals surface area contributed by atoms with Gasteiger partial charge in [-0.3, -0.25) is 4.79 Å². The Morgan fingerprint density at radius 3 is 2.53 bits per heavy atom. The van der Waals surface area contributed by atoms with Gasteiger partial charge in [0, 0.05) is 6.04 Å². The van der Waals surface area contributed by atoms with E-state index in [1.165, 1.54) is 26.4 Å². The van der Waals surface area contributed by atoms with Crippen LogP contribution in [0.15, 0.2) is 18.2 Å². The van der Waals surface area contributed by atoms with Crippen LogP contribution in [0.5, 0.6) is 11.5 Å². The van der Waals surface area contributed by atoms with Crippen LogP contribution < -0.4 is 15.2 Å². The number of ether oxygens (including phenoxy) is 3. The maximum atomic E-state index is 12.3. The first kappa shape index (κ1) is 15.2. The summed E-state index contributed by atoms with van der Waals surface area (Å²) in [7, 11) is 2.58. The average molecular weight is 275 g/mol. The number of methoxy groups -OCH3 is 2. The predicted octanol–water partition coefficient (Wildman–Crippen LogP) is 1.86. The van der Waals surface area contributed by atoms with E-state index in [9.17, 15) is 13.6 Å². The summed E-state index contributed by atoms with van der Waals surface area (Å²) in [6, 6.07) is 3.67. The van der Waals surface area contributed by atoms with Crippen molar-refractivity contribution >= 4 is 5.97 Å². The molecule has 0 aromatic heterocycles. The summed E-state index contributed by atoms with van der Waals surface area (Å²) in [6.45, 7) is -2.97. The minimum atomic E-state index is -2.97. The lowest BCUT2D eigenvalue weighted by atomic mass is 10.0. The molecule has 0 aliphatic heterocycles. The molecular weight excluding hydrogens is 260 g/mol. The van der Waals surface area contributed by atoms with Crippen LogP contribution in [0.4, 0.5) is 8.78 Å². The van der Waals surface area contributed by atoms with Gasteiger partial charge < -0.3 is 19.9 Å². The number of esters is 1. The Labute approximate surface area is 109 Å². The number of benzene rings is 1. The van der Waals surface area contributed by atoms with E-state index in [0.717, 1.165) is 0 Å². The van der Waals surface area contributed by atoms with E-state index in [0.29, 0.717) is 5.56 Å². The van der Waals surface area contributed by atoms with Gasteiger partial charge in [0.2, 0.25) is 0 Å². The number of nitrogens with two attached hydrogens (primary N) is 1. The molecule has 1 aromatic carbocycles. The minimum absolute atomic E-state index is 0.0586. The molecule has 0 saturated heterocycles. The highest BCUT2D eigenvalue weighted by atomic mass is 19.3. The number of rotatable bonds is 6. The zero-order valence-corrected chi connectivity index (χ0v) is 10.6. The van der Waals surface area contributed by atoms with Crippen molar-refractivity contribution in [3.63, 3.8) is 0 Å². The number of carbonyl (C=O) groups excluding carboxylic acids is 1. The molecule has 1 unspecified atom stereocenters. The standard InChI is InChI=1S/C12H15F2NO4/c1-17-9-4-3-7(5-10(9)19-12(13)14)8(15)6-11(16)18-2/h3-5,8,12H,6,15H2,1-2H3. The lowest BCUT2D eigenvalue weighted by Gasteiger charge is -2.15. The number of alkyl halides is 2. The smallest absolute Gasteiger partial charge is 0.387 e. The molecule has 19 heavy (non-hydrogen) atoms. The highest BCUT2D eigenvalue weighted by Gasteiger charge is 2.16. The molecule has 0 aliphatic carbocycles. The van der Waals surface area contributed by atoms with Crippen molar-refractivity contribution in [1.29, 1.82) is 0 Å². The fraction of sp³-hybridized carbons (Fsp3) is 0.417. The van der Waals surface area contributed by atoms with Crippen molar-refractivity contribution in [3.05, 3.63) is 23.8 Å². The first-order chi connectivity index (χ1) is 8.97. The number of carbonyl (C=O) groups is 1. The van der Waals surface area contributed by atoms with Gasteiger partial charge in [0.05, 0.1) is 20.6 Å². The molecular formula is C12H15F2NO4. The Kier molecular flexibility index (Phi) is 5.50. The fourth-order valence-electron chi connectivity index (χ4n) is 1.49. The Balaban J connectivity index is 2.93. The SMILES string of the molecule is COC(=O)CC(N)c1ccc(OC)c(OC(F)F)c1. The second-order valence-electron chi connectivity index (χ2n) is 3.68. The summed E-state index contributed by atoms with van der Waals surface area (Å²) < 4.78 is 38.2. The summed E-state index contributed by atoms with van der Waals surface area (Å²) in [5.74, 6) is -0.454. The van der Waals surface area contributed by atoms with E-state index in [1.807, 2.05) is 0 Å². The van der Waals surface area contributed by atoms with Gasteiger partial charge in [-0.1, -0.05) is 6.07 Å². The van der Waals surface area contributed by atoms with Gasteiger partial charge >= 0.3 is 12.6 Å². The lowest BCUT2D eigenvalue weighted by molar-refractivity contribution is -0.141. The van der Waals surface area contributed by atoms with E-state index in [4.69, 9.17) is 10.5 Å². The first-order valence-electron chi connectivity index (χ1n) is 5.43. The molecule has 1 aromatic rings. The molecule has 0 saturated carbocycles. The number of halogens is 2. The molecule has 0 spiro atoms. The third kappa shape index (κ3) is 4.36. The maximum absolute atomic E-state index is 12.3. The van der Waals surface area contributed by atoms with Gasteiger partial charge in [0.15, 0.2) is 11.5 Å². The zero-order chi connectivity index (χ0) is 14.4. The van der Waals surface area contributed by atoms with Crippen molar-refractivity contribution in [3.8, 4) is 11.5 Å². The predicted molar refractivity (Wildman–Crippen MR) is 63.2 cm³/mol. The van der Waals surface area contributed by atoms with E-state index in [1.54, 1.807) is 6.07 Å². The molecule has 0 radical (unpaired) electrons. The van der Waals surface area contributed by atoms with E-state index in [-0.39, 0.29) is 17.9 Å². The molecule has 1 atom stereocenters. The normalized spacial score (nSPS) is 12.1. The quantitative estimate of drug-likeness (QED) is 0.802. The Hall–Kier alpha value is -1.89. The Bertz CT molecular complexity index is 440. The largest absolute Gasteiger partial charge is 0.493 e. The van der Waals surface area contributed by atoms with Crippen LogP contribution in [0.2, 0.25) is 0 Å². The number of hydrogen-bond donors (Lipinski definition) is 1. The third-order valence-electron chi connectivity index (χ3n) is 2.45. The zero-order valence-electron chi connectivity index (χ0n) is 10.6. The van der Waals surface area contributed by atoms with Gasteiger partial charge in [0.1, 0.15) is 0 Å². The minimum Gasteiger partial charge on any atom is -0.493 e. The molecule has 0 heterocycles. The summed E-state index contributed by atoms with van der Waals surface area (Å²) >= 11 is 0. The summed E-state index contributed by atoms with van der Waals surface area (Å²) in [5, 5.41) is 0. The van der Waals surface area contributed by atoms with Crippen LogP contribution in [-0.2, 0) is 9.53 Å². The lowest BCUT2D eigenvalue weighted by Crippen LogP contribution is -2.16. The summed E-state index contributed by atoms with van der Waals surface area (Å²) in [4.78, 5) is 11.1. The van der Waals surface area contributed by atoms with Crippen LogP contribution in [0.25, 0.3) is 0 Å². The van der Waals surface area contributed by atoms with Crippen molar-refractivity contribution in [2.24, 2.45) is 5.73 Å². The van der Waals surface area contributed by atoms with E-state index >= 15 is 0 Å². The van der Waals surface area contributed by atoms with Crippen LogP contribution in [0, 0.1) is 0 Å². The van der Waals surface area contributed by atoms with E-state index in [2.05, 4.69) is 9.47 Å². The second-order valence-corrected chi connectivity index (χ2v) is 3.68. The van der Waals surface area contributed by atoms with Gasteiger partial charge in [0.25, 0.3) is 0 Å². The molecule has 5 nitrogen and oxygen atoms in total. The fourth-order valence-corrected chi connectivity index (χ4v) is 1.49. The van der Waals surface area contributed by atoms with Gasteiger partial charge in [-0.15, -0.1) is 0 Å². The van der Waals surface area contributed by atoms with Crippen molar-refractivity contribution in [2.45, 2.75) is 19.1 Å². The Morgan fingerprint density at radius 2 is 2.00 bits per heavy atom. The number of hydrogen-bond acceptors (Lipinski definition) is 5. The molecule has 0 bridgehead atoms. The van der Waals surface area contributed by atoms with Crippen molar-refractivity contribution in [1.82, 2.24) is 0 Å². The molecule has 0 aliphatic rings. The van der Waals surface area contributed by atoms with Crippen molar-refractivity contribution < 1.29 is 27.8 Å². The van der Waals surface area contributed by atoms with Gasteiger partial charge in [-0.05, 0) is 17.7 Å². The molecule has 106 valence electrons. The highest BCUT2D eigenvalue weighted by Crippen LogP contribution is 2.31. The molecule has 1 rings (SSSR count). The molecule has 2 N–H and O–H groups in total. The van der Waals surface area contributed by atoms with Gasteiger partial charge in [-0.2, -0.15) is 8.78 Å². The highest BCUT2D eigenvalue weighted by molar-refractivity contribution is 5.70. The van der Waals surface area contributed by atoms with Crippen LogP contribution in [0.1, 0.15) is 18.0 Å². The van der Waals surface area contributed by atoms with Crippen LogP contribution >= 0.6 is 0 Å². The maximum Gasteiger partial charge on any atom is 0.387 e. The molecule has 7 heteroatoms. The van der Waals surface area contributed by atoms with E-state index < -0.39 is 18.6 Å². The summed E-state index contributed by atoms with van der Waals surface area (Å²) in [6.07, 6.45) is -0.0586. The average Bonchev–Trinajstić information content (AvgIpc) is 2.37. The molecule has 0 fully saturated rings. The first-order valence-corrected chi connectivity index (χ1v) is 5.43. The topological polar surface area (TPSA) is 70.8 Å². The van der Waals surface area contributed by atoms with Crippen LogP contribution in [0.3, 0.4) is 0 Å². The van der Waals surface area contributed by atoms with Gasteiger partial charge in [-0.25, -0.2) is 0 Å². The monoisotopic (exact) mass is 275 g/mol. The van der Waals surface area contributed by atoms with Crippen molar-refractivity contribution in [2.75, 3.05) is 14.2 Å². The second kappa shape index (κ2) is 6.89. The molecule has 0 amide bonds.